The molecule has 5 heteroatoms. The number of hydrogen-bond acceptors (Lipinski definition) is 5. The summed E-state index contributed by atoms with van der Waals surface area (Å²) in [5.41, 5.74) is 2.81. The van der Waals surface area contributed by atoms with Crippen LogP contribution in [-0.4, -0.2) is 42.5 Å². The fourth-order valence-corrected chi connectivity index (χ4v) is 2.25. The predicted molar refractivity (Wildman–Crippen MR) is 71.1 cm³/mol. The zero-order valence-electron chi connectivity index (χ0n) is 11.0. The van der Waals surface area contributed by atoms with Gasteiger partial charge >= 0.3 is 0 Å². The van der Waals surface area contributed by atoms with Gasteiger partial charge in [0.15, 0.2) is 0 Å². The lowest BCUT2D eigenvalue weighted by Gasteiger charge is -2.18. The van der Waals surface area contributed by atoms with E-state index in [-0.39, 0.29) is 13.2 Å². The van der Waals surface area contributed by atoms with Gasteiger partial charge in [-0.05, 0) is 37.0 Å². The lowest BCUT2D eigenvalue weighted by Crippen LogP contribution is -2.22. The van der Waals surface area contributed by atoms with E-state index in [1.165, 1.54) is 12.7 Å². The van der Waals surface area contributed by atoms with Gasteiger partial charge in [-0.3, -0.25) is 0 Å². The highest BCUT2D eigenvalue weighted by Gasteiger charge is 2.17. The molecule has 0 radical (unpaired) electrons. The maximum Gasteiger partial charge on any atom is 0.120 e. The van der Waals surface area contributed by atoms with Gasteiger partial charge in [-0.2, -0.15) is 0 Å². The van der Waals surface area contributed by atoms with E-state index in [1.807, 2.05) is 18.2 Å². The summed E-state index contributed by atoms with van der Waals surface area (Å²) in [5.74, 6) is 0.664. The molecule has 19 heavy (non-hydrogen) atoms. The van der Waals surface area contributed by atoms with Crippen molar-refractivity contribution in [2.75, 3.05) is 20.3 Å². The van der Waals surface area contributed by atoms with Crippen LogP contribution in [0.1, 0.15) is 24.0 Å². The number of methoxy groups -OCH3 is 1. The monoisotopic (exact) mass is 265 g/mol. The molecule has 0 bridgehead atoms. The second-order valence-electron chi connectivity index (χ2n) is 4.64. The molecule has 2 rings (SSSR count). The van der Waals surface area contributed by atoms with Crippen molar-refractivity contribution < 1.29 is 19.8 Å². The molecule has 0 spiro atoms. The topological polar surface area (TPSA) is 71.3 Å². The van der Waals surface area contributed by atoms with E-state index in [9.17, 15) is 5.11 Å². The first kappa shape index (κ1) is 13.8. The number of ether oxygens (including phenoxy) is 2. The number of hydrogen-bond donors (Lipinski definition) is 2. The van der Waals surface area contributed by atoms with Crippen molar-refractivity contribution in [3.8, 4) is 5.75 Å². The first-order chi connectivity index (χ1) is 9.24. The first-order valence-electron chi connectivity index (χ1n) is 6.38. The van der Waals surface area contributed by atoms with Crippen molar-refractivity contribution in [1.29, 1.82) is 0 Å². The van der Waals surface area contributed by atoms with E-state index in [4.69, 9.17) is 14.7 Å². The molecule has 1 atom stereocenters. The van der Waals surface area contributed by atoms with Crippen LogP contribution in [0.15, 0.2) is 23.4 Å². The average Bonchev–Trinajstić information content (AvgIpc) is 2.44. The number of aliphatic hydroxyl groups excluding tert-OH is 1. The Hall–Kier alpha value is -1.59. The van der Waals surface area contributed by atoms with Gasteiger partial charge in [0.1, 0.15) is 18.5 Å². The van der Waals surface area contributed by atoms with Crippen molar-refractivity contribution in [2.45, 2.75) is 25.4 Å². The number of oxime groups is 1. The summed E-state index contributed by atoms with van der Waals surface area (Å²) in [6.07, 6.45) is 2.12. The summed E-state index contributed by atoms with van der Waals surface area (Å²) < 4.78 is 10.3. The van der Waals surface area contributed by atoms with Gasteiger partial charge in [-0.1, -0.05) is 11.2 Å². The van der Waals surface area contributed by atoms with Crippen molar-refractivity contribution in [2.24, 2.45) is 5.16 Å². The molecule has 1 aromatic carbocycles. The Morgan fingerprint density at radius 1 is 1.32 bits per heavy atom. The lowest BCUT2D eigenvalue weighted by molar-refractivity contribution is 0.0325. The highest BCUT2D eigenvalue weighted by atomic mass is 16.5. The molecule has 1 aliphatic carbocycles. The van der Waals surface area contributed by atoms with Crippen LogP contribution in [0, 0.1) is 0 Å². The standard InChI is InChI=1S/C14H19NO4/c1-18-8-11(16)9-19-12-6-5-10-3-2-4-14(15-17)13(10)7-12/h5-7,11,16-17H,2-4,8-9H2,1H3/b15-14-. The Kier molecular flexibility index (Phi) is 4.76. The molecular formula is C14H19NO4. The highest BCUT2D eigenvalue weighted by molar-refractivity contribution is 6.02. The smallest absolute Gasteiger partial charge is 0.120 e. The quantitative estimate of drug-likeness (QED) is 0.626. The third-order valence-corrected chi connectivity index (χ3v) is 3.17. The van der Waals surface area contributed by atoms with Crippen LogP contribution < -0.4 is 4.74 Å². The first-order valence-corrected chi connectivity index (χ1v) is 6.38. The van der Waals surface area contributed by atoms with E-state index in [0.717, 1.165) is 24.8 Å². The molecule has 0 saturated heterocycles. The molecule has 0 saturated carbocycles. The van der Waals surface area contributed by atoms with E-state index in [1.54, 1.807) is 0 Å². The molecule has 0 aliphatic heterocycles. The van der Waals surface area contributed by atoms with Crippen molar-refractivity contribution >= 4 is 5.71 Å². The van der Waals surface area contributed by atoms with Crippen LogP contribution in [-0.2, 0) is 11.2 Å². The second-order valence-corrected chi connectivity index (χ2v) is 4.64. The van der Waals surface area contributed by atoms with Gasteiger partial charge in [0.05, 0.1) is 12.3 Å². The minimum Gasteiger partial charge on any atom is -0.491 e. The summed E-state index contributed by atoms with van der Waals surface area (Å²) in [6.45, 7) is 0.423. The predicted octanol–water partition coefficient (Wildman–Crippen LogP) is 1.59. The zero-order valence-corrected chi connectivity index (χ0v) is 11.0. The summed E-state index contributed by atoms with van der Waals surface area (Å²) in [6, 6.07) is 5.72. The second kappa shape index (κ2) is 6.54. The molecule has 0 fully saturated rings. The van der Waals surface area contributed by atoms with Crippen LogP contribution in [0.25, 0.3) is 0 Å². The fraction of sp³-hybridized carbons (Fsp3) is 0.500. The van der Waals surface area contributed by atoms with Crippen LogP contribution in [0.4, 0.5) is 0 Å². The van der Waals surface area contributed by atoms with Crippen LogP contribution >= 0.6 is 0 Å². The van der Waals surface area contributed by atoms with E-state index in [0.29, 0.717) is 11.5 Å². The van der Waals surface area contributed by atoms with Crippen molar-refractivity contribution in [3.63, 3.8) is 0 Å². The molecule has 0 amide bonds. The van der Waals surface area contributed by atoms with E-state index < -0.39 is 6.10 Å². The molecule has 2 N–H and O–H groups in total. The SMILES string of the molecule is COCC(O)COc1ccc2c(c1)/C(=N\O)CCC2. The fourth-order valence-electron chi connectivity index (χ4n) is 2.25. The molecule has 1 unspecified atom stereocenters. The third kappa shape index (κ3) is 3.45. The maximum absolute atomic E-state index is 9.53. The normalized spacial score (nSPS) is 18.1. The average molecular weight is 265 g/mol. The molecule has 5 nitrogen and oxygen atoms in total. The maximum atomic E-state index is 9.53. The Bertz CT molecular complexity index is 459. The molecule has 1 aromatic rings. The largest absolute Gasteiger partial charge is 0.491 e. The van der Waals surface area contributed by atoms with Crippen molar-refractivity contribution in [1.82, 2.24) is 0 Å². The summed E-state index contributed by atoms with van der Waals surface area (Å²) in [4.78, 5) is 0. The summed E-state index contributed by atoms with van der Waals surface area (Å²) in [7, 11) is 1.53. The minimum atomic E-state index is -0.646. The molecule has 104 valence electrons. The van der Waals surface area contributed by atoms with Gasteiger partial charge in [0, 0.05) is 12.7 Å². The molecular weight excluding hydrogens is 246 g/mol. The number of rotatable bonds is 5. The number of aliphatic hydroxyl groups is 1. The number of fused-ring (bicyclic) bond motifs is 1. The minimum absolute atomic E-state index is 0.179. The molecule has 0 aromatic heterocycles. The Morgan fingerprint density at radius 2 is 2.16 bits per heavy atom. The molecule has 1 aliphatic rings. The van der Waals surface area contributed by atoms with Crippen LogP contribution in [0.5, 0.6) is 5.75 Å². The van der Waals surface area contributed by atoms with Crippen LogP contribution in [0.2, 0.25) is 0 Å². The van der Waals surface area contributed by atoms with Crippen molar-refractivity contribution in [3.05, 3.63) is 29.3 Å². The highest BCUT2D eigenvalue weighted by Crippen LogP contribution is 2.26. The summed E-state index contributed by atoms with van der Waals surface area (Å²) in [5, 5.41) is 21.9. The Balaban J connectivity index is 2.07. The molecule has 0 heterocycles. The van der Waals surface area contributed by atoms with Gasteiger partial charge in [-0.25, -0.2) is 0 Å². The Morgan fingerprint density at radius 3 is 2.89 bits per heavy atom. The van der Waals surface area contributed by atoms with E-state index >= 15 is 0 Å². The number of benzene rings is 1. The number of aryl methyl sites for hydroxylation is 1. The van der Waals surface area contributed by atoms with Gasteiger partial charge < -0.3 is 19.8 Å². The van der Waals surface area contributed by atoms with Crippen LogP contribution in [0.3, 0.4) is 0 Å². The van der Waals surface area contributed by atoms with E-state index in [2.05, 4.69) is 5.16 Å². The third-order valence-electron chi connectivity index (χ3n) is 3.17. The van der Waals surface area contributed by atoms with Gasteiger partial charge in [0.25, 0.3) is 0 Å². The van der Waals surface area contributed by atoms with Gasteiger partial charge in [-0.15, -0.1) is 0 Å². The van der Waals surface area contributed by atoms with Gasteiger partial charge in [0.2, 0.25) is 0 Å². The Labute approximate surface area is 112 Å². The lowest BCUT2D eigenvalue weighted by atomic mass is 9.90. The zero-order chi connectivity index (χ0) is 13.7. The number of nitrogens with zero attached hydrogens (tertiary/aromatic N) is 1. The summed E-state index contributed by atoms with van der Waals surface area (Å²) >= 11 is 0.